The molecule has 0 saturated carbocycles. The number of piperidine rings is 1. The summed E-state index contributed by atoms with van der Waals surface area (Å²) in [6.07, 6.45) is 7.20. The van der Waals surface area contributed by atoms with Crippen LogP contribution in [0.1, 0.15) is 47.0 Å². The molecule has 0 atom stereocenters. The summed E-state index contributed by atoms with van der Waals surface area (Å²) in [6.45, 7) is 8.98. The van der Waals surface area contributed by atoms with Gasteiger partial charge in [-0.25, -0.2) is 0 Å². The number of allylic oxidation sites excluding steroid dienone is 1. The van der Waals surface area contributed by atoms with Crippen LogP contribution < -0.4 is 0 Å². The molecule has 2 heteroatoms. The summed E-state index contributed by atoms with van der Waals surface area (Å²) in [5.74, 6) is 0. The molecule has 0 aromatic rings. The van der Waals surface area contributed by atoms with Gasteiger partial charge in [0.25, 0.3) is 0 Å². The van der Waals surface area contributed by atoms with Gasteiger partial charge in [-0.05, 0) is 47.0 Å². The van der Waals surface area contributed by atoms with Gasteiger partial charge in [0.1, 0.15) is 0 Å². The highest BCUT2D eigenvalue weighted by atomic mass is 15.2. The molecule has 0 N–H and O–H groups in total. The van der Waals surface area contributed by atoms with Crippen molar-refractivity contribution in [2.24, 2.45) is 0 Å². The maximum absolute atomic E-state index is 8.57. The standard InChI is InChI=1S/C12H20N2/c1-11(2)7-5-8-12(3,4)14(11)10-6-9-13/h6,10H,5,7-8H2,1-4H3. The van der Waals surface area contributed by atoms with Gasteiger partial charge in [0.2, 0.25) is 0 Å². The third-order valence-electron chi connectivity index (χ3n) is 3.18. The predicted molar refractivity (Wildman–Crippen MR) is 58.6 cm³/mol. The zero-order valence-corrected chi connectivity index (χ0v) is 9.67. The maximum atomic E-state index is 8.57. The molecule has 78 valence electrons. The van der Waals surface area contributed by atoms with Crippen molar-refractivity contribution in [2.45, 2.75) is 58.0 Å². The van der Waals surface area contributed by atoms with Gasteiger partial charge >= 0.3 is 0 Å². The monoisotopic (exact) mass is 192 g/mol. The minimum absolute atomic E-state index is 0.176. The van der Waals surface area contributed by atoms with E-state index < -0.39 is 0 Å². The predicted octanol–water partition coefficient (Wildman–Crippen LogP) is 3.07. The van der Waals surface area contributed by atoms with E-state index in [0.29, 0.717) is 0 Å². The van der Waals surface area contributed by atoms with Crippen LogP contribution in [0, 0.1) is 11.3 Å². The van der Waals surface area contributed by atoms with Gasteiger partial charge in [0.05, 0.1) is 6.07 Å². The Kier molecular flexibility index (Phi) is 2.89. The van der Waals surface area contributed by atoms with Crippen LogP contribution in [-0.2, 0) is 0 Å². The fourth-order valence-electron chi connectivity index (χ4n) is 2.53. The van der Waals surface area contributed by atoms with Crippen molar-refractivity contribution in [1.82, 2.24) is 4.90 Å². The van der Waals surface area contributed by atoms with Crippen molar-refractivity contribution in [3.05, 3.63) is 12.3 Å². The molecule has 0 unspecified atom stereocenters. The summed E-state index contributed by atoms with van der Waals surface area (Å²) < 4.78 is 0. The Morgan fingerprint density at radius 3 is 2.07 bits per heavy atom. The Morgan fingerprint density at radius 2 is 1.64 bits per heavy atom. The summed E-state index contributed by atoms with van der Waals surface area (Å²) in [5.41, 5.74) is 0.351. The molecule has 0 aliphatic carbocycles. The Bertz CT molecular complexity index is 253. The number of hydrogen-bond donors (Lipinski definition) is 0. The SMILES string of the molecule is CC1(C)CCCC(C)(C)N1C=CC#N. The summed E-state index contributed by atoms with van der Waals surface area (Å²) in [6, 6.07) is 2.07. The Hall–Kier alpha value is -0.970. The molecular formula is C12H20N2. The Labute approximate surface area is 87.2 Å². The second-order valence-electron chi connectivity index (χ2n) is 5.29. The Balaban J connectivity index is 2.92. The molecule has 2 nitrogen and oxygen atoms in total. The smallest absolute Gasteiger partial charge is 0.0927 e. The first-order valence-electron chi connectivity index (χ1n) is 5.26. The molecule has 1 aliphatic rings. The number of likely N-dealkylation sites (tertiary alicyclic amines) is 1. The molecule has 0 aromatic carbocycles. The summed E-state index contributed by atoms with van der Waals surface area (Å²) >= 11 is 0. The van der Waals surface area contributed by atoms with Crippen molar-refractivity contribution in [1.29, 1.82) is 5.26 Å². The quantitative estimate of drug-likeness (QED) is 0.597. The normalized spacial score (nSPS) is 24.9. The number of nitrogens with zero attached hydrogens (tertiary/aromatic N) is 2. The van der Waals surface area contributed by atoms with Crippen molar-refractivity contribution in [2.75, 3.05) is 0 Å². The molecule has 0 aromatic heterocycles. The number of rotatable bonds is 1. The number of nitriles is 1. The molecule has 0 bridgehead atoms. The molecule has 1 fully saturated rings. The Morgan fingerprint density at radius 1 is 1.14 bits per heavy atom. The molecule has 1 heterocycles. The summed E-state index contributed by atoms with van der Waals surface area (Å²) in [5, 5.41) is 8.57. The minimum atomic E-state index is 0.176. The fourth-order valence-corrected chi connectivity index (χ4v) is 2.53. The molecule has 1 saturated heterocycles. The molecule has 1 rings (SSSR count). The van der Waals surface area contributed by atoms with E-state index in [2.05, 4.69) is 38.7 Å². The van der Waals surface area contributed by atoms with Gasteiger partial charge in [-0.1, -0.05) is 0 Å². The first kappa shape index (κ1) is 11.1. The van der Waals surface area contributed by atoms with Crippen LogP contribution in [-0.4, -0.2) is 16.0 Å². The maximum Gasteiger partial charge on any atom is 0.0927 e. The summed E-state index contributed by atoms with van der Waals surface area (Å²) in [7, 11) is 0. The van der Waals surface area contributed by atoms with Gasteiger partial charge in [-0.15, -0.1) is 0 Å². The van der Waals surface area contributed by atoms with Gasteiger partial charge in [0.15, 0.2) is 0 Å². The van der Waals surface area contributed by atoms with Crippen LogP contribution in [0.15, 0.2) is 12.3 Å². The van der Waals surface area contributed by atoms with Crippen LogP contribution in [0.3, 0.4) is 0 Å². The average molecular weight is 192 g/mol. The van der Waals surface area contributed by atoms with Crippen LogP contribution in [0.25, 0.3) is 0 Å². The van der Waals surface area contributed by atoms with Crippen LogP contribution in [0.2, 0.25) is 0 Å². The van der Waals surface area contributed by atoms with Crippen LogP contribution in [0.5, 0.6) is 0 Å². The van der Waals surface area contributed by atoms with E-state index in [-0.39, 0.29) is 11.1 Å². The van der Waals surface area contributed by atoms with Crippen LogP contribution in [0.4, 0.5) is 0 Å². The lowest BCUT2D eigenvalue weighted by Crippen LogP contribution is -2.55. The topological polar surface area (TPSA) is 27.0 Å². The van der Waals surface area contributed by atoms with Gasteiger partial charge in [-0.3, -0.25) is 0 Å². The molecular weight excluding hydrogens is 172 g/mol. The van der Waals surface area contributed by atoms with E-state index in [1.807, 2.05) is 6.20 Å². The average Bonchev–Trinajstić information content (AvgIpc) is 2.01. The zero-order chi connectivity index (χ0) is 10.8. The highest BCUT2D eigenvalue weighted by molar-refractivity contribution is 5.09. The number of hydrogen-bond acceptors (Lipinski definition) is 2. The van der Waals surface area contributed by atoms with Gasteiger partial charge in [-0.2, -0.15) is 5.26 Å². The second-order valence-corrected chi connectivity index (χ2v) is 5.29. The third kappa shape index (κ3) is 2.09. The minimum Gasteiger partial charge on any atom is -0.367 e. The summed E-state index contributed by atoms with van der Waals surface area (Å²) in [4.78, 5) is 2.33. The van der Waals surface area contributed by atoms with Gasteiger partial charge in [0, 0.05) is 23.4 Å². The molecule has 0 radical (unpaired) electrons. The van der Waals surface area contributed by atoms with E-state index in [0.717, 1.165) is 0 Å². The zero-order valence-electron chi connectivity index (χ0n) is 9.67. The van der Waals surface area contributed by atoms with E-state index in [9.17, 15) is 0 Å². The first-order valence-corrected chi connectivity index (χ1v) is 5.26. The molecule has 0 amide bonds. The second kappa shape index (κ2) is 3.65. The molecule has 14 heavy (non-hydrogen) atoms. The highest BCUT2D eigenvalue weighted by Crippen LogP contribution is 2.38. The fraction of sp³-hybridized carbons (Fsp3) is 0.750. The first-order chi connectivity index (χ1) is 6.40. The largest absolute Gasteiger partial charge is 0.367 e. The molecule has 1 aliphatic heterocycles. The van der Waals surface area contributed by atoms with Crippen molar-refractivity contribution in [3.63, 3.8) is 0 Å². The van der Waals surface area contributed by atoms with E-state index in [1.54, 1.807) is 6.08 Å². The van der Waals surface area contributed by atoms with Crippen molar-refractivity contribution >= 4 is 0 Å². The lowest BCUT2D eigenvalue weighted by atomic mass is 9.80. The third-order valence-corrected chi connectivity index (χ3v) is 3.18. The lowest BCUT2D eigenvalue weighted by molar-refractivity contribution is 0.0192. The van der Waals surface area contributed by atoms with Crippen LogP contribution >= 0.6 is 0 Å². The highest BCUT2D eigenvalue weighted by Gasteiger charge is 2.38. The van der Waals surface area contributed by atoms with Crippen molar-refractivity contribution < 1.29 is 0 Å². The van der Waals surface area contributed by atoms with E-state index in [4.69, 9.17) is 5.26 Å². The van der Waals surface area contributed by atoms with E-state index in [1.165, 1.54) is 19.3 Å². The lowest BCUT2D eigenvalue weighted by Gasteiger charge is -2.52. The van der Waals surface area contributed by atoms with Crippen molar-refractivity contribution in [3.8, 4) is 6.07 Å². The molecule has 0 spiro atoms. The van der Waals surface area contributed by atoms with E-state index >= 15 is 0 Å². The van der Waals surface area contributed by atoms with Gasteiger partial charge < -0.3 is 4.90 Å².